The minimum absolute atomic E-state index is 0.0136. The van der Waals surface area contributed by atoms with Crippen LogP contribution in [-0.2, 0) is 6.42 Å². The molecule has 0 fully saturated rings. The number of hydrogen-bond acceptors (Lipinski definition) is 4. The molecule has 1 aromatic heterocycles. The van der Waals surface area contributed by atoms with Crippen LogP contribution in [0.4, 0.5) is 0 Å². The van der Waals surface area contributed by atoms with Crippen LogP contribution in [0.2, 0.25) is 0 Å². The van der Waals surface area contributed by atoms with Crippen LogP contribution in [0.25, 0.3) is 0 Å². The van der Waals surface area contributed by atoms with Crippen molar-refractivity contribution in [3.63, 3.8) is 0 Å². The third kappa shape index (κ3) is 2.91. The van der Waals surface area contributed by atoms with E-state index < -0.39 is 5.41 Å². The van der Waals surface area contributed by atoms with Crippen molar-refractivity contribution in [1.82, 2.24) is 15.0 Å². The number of carbonyl (C=O) groups excluding carboxylic acids is 1. The monoisotopic (exact) mass is 239 g/mol. The van der Waals surface area contributed by atoms with E-state index in [0.29, 0.717) is 17.8 Å². The van der Waals surface area contributed by atoms with Gasteiger partial charge < -0.3 is 5.11 Å². The van der Waals surface area contributed by atoms with Gasteiger partial charge in [-0.05, 0) is 13.8 Å². The molecular formula is C12H21N3O2. The van der Waals surface area contributed by atoms with Crippen LogP contribution < -0.4 is 0 Å². The number of carbonyl (C=O) groups is 1. The van der Waals surface area contributed by atoms with E-state index in [0.717, 1.165) is 0 Å². The first kappa shape index (κ1) is 13.8. The molecule has 1 heterocycles. The first-order valence-electron chi connectivity index (χ1n) is 5.88. The molecule has 1 rings (SSSR count). The highest BCUT2D eigenvalue weighted by Crippen LogP contribution is 2.24. The van der Waals surface area contributed by atoms with Crippen molar-refractivity contribution in [2.45, 2.75) is 47.1 Å². The Morgan fingerprint density at radius 3 is 2.41 bits per heavy atom. The Hall–Kier alpha value is -1.23. The molecule has 0 aliphatic carbocycles. The minimum Gasteiger partial charge on any atom is -0.396 e. The molecule has 0 saturated carbocycles. The quantitative estimate of drug-likeness (QED) is 0.811. The van der Waals surface area contributed by atoms with Gasteiger partial charge in [-0.25, -0.2) is 4.68 Å². The lowest BCUT2D eigenvalue weighted by atomic mass is 9.88. The Morgan fingerprint density at radius 1 is 1.41 bits per heavy atom. The van der Waals surface area contributed by atoms with Crippen molar-refractivity contribution in [3.8, 4) is 0 Å². The van der Waals surface area contributed by atoms with Crippen LogP contribution in [0.5, 0.6) is 0 Å². The summed E-state index contributed by atoms with van der Waals surface area (Å²) < 4.78 is 1.64. The normalized spacial score (nSPS) is 12.2. The van der Waals surface area contributed by atoms with Gasteiger partial charge in [-0.15, -0.1) is 5.10 Å². The summed E-state index contributed by atoms with van der Waals surface area (Å²) in [6.45, 7) is 9.50. The molecule has 0 atom stereocenters. The molecule has 17 heavy (non-hydrogen) atoms. The lowest BCUT2D eigenvalue weighted by molar-refractivity contribution is 0.0843. The Labute approximate surface area is 102 Å². The third-order valence-corrected chi connectivity index (χ3v) is 2.50. The van der Waals surface area contributed by atoms with Crippen LogP contribution in [0, 0.1) is 5.41 Å². The maximum atomic E-state index is 12.4. The molecule has 0 saturated heterocycles. The summed E-state index contributed by atoms with van der Waals surface area (Å²) in [6, 6.07) is 0.0799. The van der Waals surface area contributed by atoms with Gasteiger partial charge in [0.15, 0.2) is 5.78 Å². The van der Waals surface area contributed by atoms with E-state index in [1.807, 2.05) is 34.6 Å². The predicted molar refractivity (Wildman–Crippen MR) is 65.0 cm³/mol. The third-order valence-electron chi connectivity index (χ3n) is 2.50. The van der Waals surface area contributed by atoms with Gasteiger partial charge in [-0.2, -0.15) is 0 Å². The van der Waals surface area contributed by atoms with Crippen LogP contribution in [0.15, 0.2) is 0 Å². The van der Waals surface area contributed by atoms with E-state index in [4.69, 9.17) is 5.11 Å². The Morgan fingerprint density at radius 2 is 2.00 bits per heavy atom. The maximum Gasteiger partial charge on any atom is 0.188 e. The topological polar surface area (TPSA) is 68.0 Å². The Bertz CT molecular complexity index is 402. The van der Waals surface area contributed by atoms with Gasteiger partial charge in [0.25, 0.3) is 0 Å². The molecule has 0 spiro atoms. The number of rotatable bonds is 4. The summed E-state index contributed by atoms with van der Waals surface area (Å²) >= 11 is 0. The number of hydrogen-bond donors (Lipinski definition) is 1. The lowest BCUT2D eigenvalue weighted by Crippen LogP contribution is -2.25. The Balaban J connectivity index is 3.26. The van der Waals surface area contributed by atoms with E-state index in [9.17, 15) is 4.79 Å². The van der Waals surface area contributed by atoms with Crippen LogP contribution in [0.1, 0.15) is 56.8 Å². The number of aromatic nitrogens is 3. The summed E-state index contributed by atoms with van der Waals surface area (Å²) in [6.07, 6.45) is 0.365. The average Bonchev–Trinajstić information content (AvgIpc) is 2.59. The summed E-state index contributed by atoms with van der Waals surface area (Å²) in [5.41, 5.74) is 0.640. The highest BCUT2D eigenvalue weighted by Gasteiger charge is 2.30. The molecule has 0 aromatic carbocycles. The van der Waals surface area contributed by atoms with Crippen molar-refractivity contribution in [3.05, 3.63) is 11.4 Å². The van der Waals surface area contributed by atoms with Gasteiger partial charge in [-0.1, -0.05) is 26.0 Å². The highest BCUT2D eigenvalue weighted by atomic mass is 16.3. The van der Waals surface area contributed by atoms with Gasteiger partial charge in [0.05, 0.1) is 5.69 Å². The minimum atomic E-state index is -0.474. The number of nitrogens with zero attached hydrogens (tertiary/aromatic N) is 3. The van der Waals surface area contributed by atoms with E-state index in [2.05, 4.69) is 10.3 Å². The average molecular weight is 239 g/mol. The van der Waals surface area contributed by atoms with Gasteiger partial charge in [0.1, 0.15) is 5.69 Å². The summed E-state index contributed by atoms with van der Waals surface area (Å²) in [5.74, 6) is 0.0136. The van der Waals surface area contributed by atoms with Gasteiger partial charge in [0.2, 0.25) is 0 Å². The van der Waals surface area contributed by atoms with Crippen LogP contribution in [-0.4, -0.2) is 32.5 Å². The zero-order valence-electron chi connectivity index (χ0n) is 11.2. The maximum absolute atomic E-state index is 12.4. The number of aliphatic hydroxyl groups excluding tert-OH is 1. The molecule has 0 bridgehead atoms. The summed E-state index contributed by atoms with van der Waals surface area (Å²) in [5, 5.41) is 17.0. The molecular weight excluding hydrogens is 218 g/mol. The first-order chi connectivity index (χ1) is 7.79. The zero-order chi connectivity index (χ0) is 13.2. The number of Topliss-reactive ketones (excluding diaryl/α,β-unsaturated/α-hetero) is 1. The lowest BCUT2D eigenvalue weighted by Gasteiger charge is -2.19. The van der Waals surface area contributed by atoms with E-state index in [1.165, 1.54) is 0 Å². The van der Waals surface area contributed by atoms with Crippen molar-refractivity contribution < 1.29 is 9.90 Å². The van der Waals surface area contributed by atoms with Crippen molar-refractivity contribution in [2.75, 3.05) is 6.61 Å². The highest BCUT2D eigenvalue weighted by molar-refractivity contribution is 5.99. The van der Waals surface area contributed by atoms with E-state index in [-0.39, 0.29) is 18.4 Å². The molecule has 0 aliphatic rings. The van der Waals surface area contributed by atoms with E-state index >= 15 is 0 Å². The van der Waals surface area contributed by atoms with Crippen molar-refractivity contribution in [1.29, 1.82) is 0 Å². The van der Waals surface area contributed by atoms with Crippen LogP contribution in [0.3, 0.4) is 0 Å². The molecule has 5 heteroatoms. The van der Waals surface area contributed by atoms with Crippen molar-refractivity contribution in [2.24, 2.45) is 5.41 Å². The molecule has 96 valence electrons. The molecule has 1 N–H and O–H groups in total. The SMILES string of the molecule is CC(C)n1nnc(CCO)c1C(=O)C(C)(C)C. The van der Waals surface area contributed by atoms with Crippen LogP contribution >= 0.6 is 0 Å². The second-order valence-electron chi connectivity index (χ2n) is 5.48. The largest absolute Gasteiger partial charge is 0.396 e. The summed E-state index contributed by atoms with van der Waals surface area (Å²) in [7, 11) is 0. The molecule has 0 amide bonds. The first-order valence-corrected chi connectivity index (χ1v) is 5.88. The number of aliphatic hydroxyl groups is 1. The zero-order valence-corrected chi connectivity index (χ0v) is 11.2. The molecule has 0 aliphatic heterocycles. The second-order valence-corrected chi connectivity index (χ2v) is 5.48. The van der Waals surface area contributed by atoms with E-state index in [1.54, 1.807) is 4.68 Å². The fraction of sp³-hybridized carbons (Fsp3) is 0.750. The standard InChI is InChI=1S/C12H21N3O2/c1-8(2)15-10(11(17)12(3,4)5)9(6-7-16)13-14-15/h8,16H,6-7H2,1-5H3. The Kier molecular flexibility index (Phi) is 4.03. The van der Waals surface area contributed by atoms with Gasteiger partial charge in [0, 0.05) is 24.5 Å². The molecule has 1 aromatic rings. The number of ketones is 1. The predicted octanol–water partition coefficient (Wildman–Crippen LogP) is 1.62. The molecule has 0 unspecified atom stereocenters. The smallest absolute Gasteiger partial charge is 0.188 e. The van der Waals surface area contributed by atoms with Crippen molar-refractivity contribution >= 4 is 5.78 Å². The summed E-state index contributed by atoms with van der Waals surface area (Å²) in [4.78, 5) is 12.4. The van der Waals surface area contributed by atoms with Gasteiger partial charge in [-0.3, -0.25) is 4.79 Å². The fourth-order valence-electron chi connectivity index (χ4n) is 1.55. The second kappa shape index (κ2) is 4.96. The molecule has 0 radical (unpaired) electrons. The fourth-order valence-corrected chi connectivity index (χ4v) is 1.55. The van der Waals surface area contributed by atoms with Gasteiger partial charge >= 0.3 is 0 Å². The molecule has 5 nitrogen and oxygen atoms in total.